The molecule has 0 atom stereocenters. The highest BCUT2D eigenvalue weighted by molar-refractivity contribution is 7.26. The van der Waals surface area contributed by atoms with Gasteiger partial charge in [0, 0.05) is 85.8 Å². The third-order valence-electron chi connectivity index (χ3n) is 13.4. The molecule has 0 aliphatic rings. The monoisotopic (exact) mass is 943 g/mol. The summed E-state index contributed by atoms with van der Waals surface area (Å²) in [5, 5.41) is 4.96. The quantitative estimate of drug-likeness (QED) is 0.128. The van der Waals surface area contributed by atoms with Crippen molar-refractivity contribution in [2.24, 2.45) is 0 Å². The number of rotatable bonds is 11. The molecule has 5 heteroatoms. The van der Waals surface area contributed by atoms with Crippen molar-refractivity contribution < 1.29 is 0 Å². The lowest BCUT2D eigenvalue weighted by Gasteiger charge is -2.30. The van der Waals surface area contributed by atoms with Crippen molar-refractivity contribution in [3.8, 4) is 22.3 Å². The molecule has 0 aliphatic heterocycles. The van der Waals surface area contributed by atoms with Crippen LogP contribution in [-0.4, -0.2) is 0 Å². The molecule has 2 heterocycles. The van der Waals surface area contributed by atoms with Crippen LogP contribution in [0.3, 0.4) is 0 Å². The Morgan fingerprint density at radius 3 is 1.10 bits per heavy atom. The molecule has 3 nitrogen and oxygen atoms in total. The summed E-state index contributed by atoms with van der Waals surface area (Å²) in [6, 6.07) is 99.2. The fourth-order valence-electron chi connectivity index (χ4n) is 10.1. The minimum absolute atomic E-state index is 1.07. The first-order chi connectivity index (χ1) is 35.2. The van der Waals surface area contributed by atoms with Crippen LogP contribution in [0.1, 0.15) is 0 Å². The fourth-order valence-corrected chi connectivity index (χ4v) is 12.3. The van der Waals surface area contributed by atoms with Crippen molar-refractivity contribution in [2.75, 3.05) is 14.7 Å². The molecular formula is C66H45N3S2. The summed E-state index contributed by atoms with van der Waals surface area (Å²) in [6.45, 7) is 0. The van der Waals surface area contributed by atoms with Crippen molar-refractivity contribution in [1.29, 1.82) is 0 Å². The summed E-state index contributed by atoms with van der Waals surface area (Å²) in [5.41, 5.74) is 14.5. The standard InChI is InChI=1S/C66H45N3S2/c1-6-18-46(19-7-1)48-30-34-53(35-31-48)69(54-36-32-49(33-37-54)47-20-8-2-9-21-47)61-44-57(67(50-22-10-3-11-23-50)51-24-12-4-13-25-51)45-65-66(61)60-43-56(39-41-64(60)71-65)68(52-26-14-5-15-27-52)55-38-40-63-59(42-55)58-28-16-17-29-62(58)70-63/h1-45H. The summed E-state index contributed by atoms with van der Waals surface area (Å²) >= 11 is 3.70. The lowest BCUT2D eigenvalue weighted by molar-refractivity contribution is 1.26. The maximum Gasteiger partial charge on any atom is 0.0575 e. The molecule has 0 spiro atoms. The molecule has 0 amide bonds. The Hall–Kier alpha value is -8.74. The third-order valence-corrected chi connectivity index (χ3v) is 15.7. The van der Waals surface area contributed by atoms with Crippen molar-refractivity contribution in [3.63, 3.8) is 0 Å². The zero-order valence-corrected chi connectivity index (χ0v) is 40.3. The zero-order chi connectivity index (χ0) is 47.1. The largest absolute Gasteiger partial charge is 0.310 e. The second-order valence-corrected chi connectivity index (χ2v) is 19.9. The first-order valence-corrected chi connectivity index (χ1v) is 25.6. The second kappa shape index (κ2) is 18.3. The topological polar surface area (TPSA) is 9.72 Å². The van der Waals surface area contributed by atoms with Crippen molar-refractivity contribution in [1.82, 2.24) is 0 Å². The number of nitrogens with zero attached hydrogens (tertiary/aromatic N) is 3. The van der Waals surface area contributed by atoms with E-state index in [1.54, 1.807) is 0 Å². The predicted octanol–water partition coefficient (Wildman–Crippen LogP) is 20.2. The van der Waals surface area contributed by atoms with Gasteiger partial charge in [-0.3, -0.25) is 0 Å². The van der Waals surface area contributed by atoms with Crippen molar-refractivity contribution in [3.05, 3.63) is 273 Å². The molecule has 0 unspecified atom stereocenters. The smallest absolute Gasteiger partial charge is 0.0575 e. The van der Waals surface area contributed by atoms with E-state index in [-0.39, 0.29) is 0 Å². The highest BCUT2D eigenvalue weighted by Gasteiger charge is 2.25. The average molecular weight is 944 g/mol. The van der Waals surface area contributed by atoms with E-state index in [4.69, 9.17) is 0 Å². The third kappa shape index (κ3) is 7.97. The molecule has 0 N–H and O–H groups in total. The minimum Gasteiger partial charge on any atom is -0.310 e. The minimum atomic E-state index is 1.07. The predicted molar refractivity (Wildman–Crippen MR) is 307 cm³/mol. The highest BCUT2D eigenvalue weighted by Crippen LogP contribution is 2.51. The van der Waals surface area contributed by atoms with Crippen LogP contribution < -0.4 is 14.7 Å². The maximum absolute atomic E-state index is 2.47. The van der Waals surface area contributed by atoms with Gasteiger partial charge in [-0.15, -0.1) is 22.7 Å². The summed E-state index contributed by atoms with van der Waals surface area (Å²) in [7, 11) is 0. The summed E-state index contributed by atoms with van der Waals surface area (Å²) in [6.07, 6.45) is 0. The van der Waals surface area contributed by atoms with Crippen LogP contribution in [0, 0.1) is 0 Å². The molecule has 0 saturated carbocycles. The molecule has 2 aromatic heterocycles. The van der Waals surface area contributed by atoms with Gasteiger partial charge in [-0.1, -0.05) is 158 Å². The van der Waals surface area contributed by atoms with Gasteiger partial charge in [0.05, 0.1) is 5.69 Å². The van der Waals surface area contributed by atoms with Gasteiger partial charge >= 0.3 is 0 Å². The Morgan fingerprint density at radius 1 is 0.211 bits per heavy atom. The van der Waals surface area contributed by atoms with Crippen molar-refractivity contribution in [2.45, 2.75) is 0 Å². The fraction of sp³-hybridized carbons (Fsp3) is 0. The van der Waals surface area contributed by atoms with Crippen LogP contribution in [0.15, 0.2) is 273 Å². The van der Waals surface area contributed by atoms with E-state index in [1.807, 2.05) is 22.7 Å². The first kappa shape index (κ1) is 42.4. The SMILES string of the molecule is c1ccc(-c2ccc(N(c3ccc(-c4ccccc4)cc3)c3cc(N(c4ccccc4)c4ccccc4)cc4sc5ccc(N(c6ccccc6)c6ccc7sc8ccccc8c7c6)cc5c34)cc2)cc1. The number of benzene rings is 11. The average Bonchev–Trinajstić information content (AvgIpc) is 4.01. The van der Waals surface area contributed by atoms with Gasteiger partial charge in [-0.05, 0) is 138 Å². The first-order valence-electron chi connectivity index (χ1n) is 24.0. The number of hydrogen-bond acceptors (Lipinski definition) is 5. The number of thiophene rings is 2. The molecule has 0 saturated heterocycles. The summed E-state index contributed by atoms with van der Waals surface area (Å²) < 4.78 is 5.01. The normalized spacial score (nSPS) is 11.4. The van der Waals surface area contributed by atoms with E-state index in [0.29, 0.717) is 0 Å². The molecule has 0 bridgehead atoms. The highest BCUT2D eigenvalue weighted by atomic mass is 32.1. The summed E-state index contributed by atoms with van der Waals surface area (Å²) in [4.78, 5) is 7.26. The van der Waals surface area contributed by atoms with E-state index in [0.717, 1.165) is 51.2 Å². The second-order valence-electron chi connectivity index (χ2n) is 17.7. The lowest BCUT2D eigenvalue weighted by atomic mass is 10.0. The van der Waals surface area contributed by atoms with E-state index < -0.39 is 0 Å². The van der Waals surface area contributed by atoms with Gasteiger partial charge in [-0.25, -0.2) is 0 Å². The summed E-state index contributed by atoms with van der Waals surface area (Å²) in [5.74, 6) is 0. The molecular weight excluding hydrogens is 899 g/mol. The van der Waals surface area contributed by atoms with Crippen LogP contribution >= 0.6 is 22.7 Å². The number of para-hydroxylation sites is 3. The Bertz CT molecular complexity index is 3840. The van der Waals surface area contributed by atoms with Crippen LogP contribution in [-0.2, 0) is 0 Å². The van der Waals surface area contributed by atoms with E-state index >= 15 is 0 Å². The van der Waals surface area contributed by atoms with Gasteiger partial charge in [0.25, 0.3) is 0 Å². The zero-order valence-electron chi connectivity index (χ0n) is 38.6. The van der Waals surface area contributed by atoms with Crippen LogP contribution in [0.4, 0.5) is 51.2 Å². The Kier molecular flexibility index (Phi) is 10.9. The molecule has 0 radical (unpaired) electrons. The van der Waals surface area contributed by atoms with Crippen LogP contribution in [0.2, 0.25) is 0 Å². The molecule has 13 rings (SSSR count). The van der Waals surface area contributed by atoms with E-state index in [2.05, 4.69) is 288 Å². The Balaban J connectivity index is 1.07. The van der Waals surface area contributed by atoms with Gasteiger partial charge in [0.1, 0.15) is 0 Å². The molecule has 0 fully saturated rings. The maximum atomic E-state index is 2.47. The van der Waals surface area contributed by atoms with Gasteiger partial charge < -0.3 is 14.7 Å². The van der Waals surface area contributed by atoms with Gasteiger partial charge in [0.15, 0.2) is 0 Å². The number of fused-ring (bicyclic) bond motifs is 6. The van der Waals surface area contributed by atoms with Crippen LogP contribution in [0.5, 0.6) is 0 Å². The molecule has 336 valence electrons. The van der Waals surface area contributed by atoms with Crippen molar-refractivity contribution >= 4 is 114 Å². The van der Waals surface area contributed by atoms with E-state index in [1.165, 1.54) is 62.6 Å². The number of anilines is 9. The molecule has 0 aliphatic carbocycles. The number of hydrogen-bond donors (Lipinski definition) is 0. The molecule has 11 aromatic carbocycles. The molecule has 13 aromatic rings. The van der Waals surface area contributed by atoms with Gasteiger partial charge in [0.2, 0.25) is 0 Å². The van der Waals surface area contributed by atoms with Crippen LogP contribution in [0.25, 0.3) is 62.6 Å². The Morgan fingerprint density at radius 2 is 0.577 bits per heavy atom. The van der Waals surface area contributed by atoms with E-state index in [9.17, 15) is 0 Å². The lowest BCUT2D eigenvalue weighted by Crippen LogP contribution is -2.13. The molecule has 71 heavy (non-hydrogen) atoms. The Labute approximate surface area is 421 Å². The van der Waals surface area contributed by atoms with Gasteiger partial charge in [-0.2, -0.15) is 0 Å².